The molecule has 2 aromatic rings. The predicted molar refractivity (Wildman–Crippen MR) is 121 cm³/mol. The van der Waals surface area contributed by atoms with Crippen molar-refractivity contribution in [3.8, 4) is 0 Å². The molecule has 3 amide bonds. The molecule has 0 radical (unpaired) electrons. The van der Waals surface area contributed by atoms with Gasteiger partial charge in [0, 0.05) is 45.3 Å². The zero-order chi connectivity index (χ0) is 23.2. The van der Waals surface area contributed by atoms with E-state index in [0.29, 0.717) is 13.1 Å². The Labute approximate surface area is 193 Å². The Morgan fingerprint density at radius 3 is 2.12 bits per heavy atom. The largest absolute Gasteiger partial charge is 0.352 e. The summed E-state index contributed by atoms with van der Waals surface area (Å²) in [7, 11) is 0. The van der Waals surface area contributed by atoms with Gasteiger partial charge >= 0.3 is 11.8 Å². The molecule has 0 unspecified atom stereocenters. The van der Waals surface area contributed by atoms with E-state index in [1.807, 2.05) is 18.2 Å². The van der Waals surface area contributed by atoms with Gasteiger partial charge in [0.1, 0.15) is 12.4 Å². The normalized spacial score (nSPS) is 18.0. The average Bonchev–Trinajstić information content (AvgIpc) is 2.82. The molecule has 33 heavy (non-hydrogen) atoms. The highest BCUT2D eigenvalue weighted by molar-refractivity contribution is 6.35. The van der Waals surface area contributed by atoms with E-state index in [4.69, 9.17) is 0 Å². The number of nitrogens with one attached hydrogen (secondary N) is 1. The number of amides is 3. The Morgan fingerprint density at radius 2 is 1.42 bits per heavy atom. The Morgan fingerprint density at radius 1 is 0.818 bits per heavy atom. The van der Waals surface area contributed by atoms with Gasteiger partial charge in [0.05, 0.1) is 0 Å². The molecule has 8 heteroatoms. The quantitative estimate of drug-likeness (QED) is 0.650. The third-order valence-electron chi connectivity index (χ3n) is 6.22. The van der Waals surface area contributed by atoms with Crippen LogP contribution in [0.4, 0.5) is 4.39 Å². The molecule has 0 saturated carbocycles. The van der Waals surface area contributed by atoms with E-state index in [1.165, 1.54) is 27.5 Å². The topological polar surface area (TPSA) is 73.0 Å². The maximum Gasteiger partial charge on any atom is 0.312 e. The van der Waals surface area contributed by atoms with Crippen molar-refractivity contribution >= 4 is 17.7 Å². The standard InChI is InChI=1S/C25H29FN4O3/c26-21-8-6-20(7-9-21)17-29-14-15-30(25(33)24(29)32)18-23(31)27-22-10-12-28(13-11-22)16-19-4-2-1-3-5-19/h1-9,22H,10-18H2,(H,27,31). The second-order valence-electron chi connectivity index (χ2n) is 8.68. The molecule has 2 aromatic carbocycles. The van der Waals surface area contributed by atoms with Crippen LogP contribution >= 0.6 is 0 Å². The summed E-state index contributed by atoms with van der Waals surface area (Å²) in [6.07, 6.45) is 1.72. The van der Waals surface area contributed by atoms with E-state index in [0.717, 1.165) is 38.0 Å². The predicted octanol–water partition coefficient (Wildman–Crippen LogP) is 1.78. The lowest BCUT2D eigenvalue weighted by atomic mass is 10.0. The minimum absolute atomic E-state index is 0.0788. The Kier molecular flexibility index (Phi) is 7.34. The number of piperazine rings is 1. The summed E-state index contributed by atoms with van der Waals surface area (Å²) in [5.74, 6) is -1.88. The van der Waals surface area contributed by atoms with E-state index < -0.39 is 11.8 Å². The maximum absolute atomic E-state index is 13.1. The molecule has 1 N–H and O–H groups in total. The van der Waals surface area contributed by atoms with Gasteiger partial charge in [0.2, 0.25) is 5.91 Å². The van der Waals surface area contributed by atoms with Crippen LogP contribution in [0.3, 0.4) is 0 Å². The van der Waals surface area contributed by atoms with Gasteiger partial charge in [-0.1, -0.05) is 42.5 Å². The summed E-state index contributed by atoms with van der Waals surface area (Å²) < 4.78 is 13.1. The summed E-state index contributed by atoms with van der Waals surface area (Å²) in [5.41, 5.74) is 2.03. The summed E-state index contributed by atoms with van der Waals surface area (Å²) in [4.78, 5) is 42.7. The lowest BCUT2D eigenvalue weighted by Gasteiger charge is -2.35. The van der Waals surface area contributed by atoms with Gasteiger partial charge in [-0.05, 0) is 36.1 Å². The third kappa shape index (κ3) is 6.16. The van der Waals surface area contributed by atoms with Crippen molar-refractivity contribution < 1.29 is 18.8 Å². The van der Waals surface area contributed by atoms with Gasteiger partial charge in [-0.15, -0.1) is 0 Å². The highest BCUT2D eigenvalue weighted by Crippen LogP contribution is 2.15. The zero-order valence-corrected chi connectivity index (χ0v) is 18.6. The highest BCUT2D eigenvalue weighted by Gasteiger charge is 2.33. The maximum atomic E-state index is 13.1. The first kappa shape index (κ1) is 22.9. The number of carbonyl (C=O) groups excluding carboxylic acids is 3. The molecule has 2 aliphatic rings. The third-order valence-corrected chi connectivity index (χ3v) is 6.22. The van der Waals surface area contributed by atoms with Crippen molar-refractivity contribution in [3.05, 3.63) is 71.5 Å². The van der Waals surface area contributed by atoms with Crippen molar-refractivity contribution in [3.63, 3.8) is 0 Å². The van der Waals surface area contributed by atoms with Crippen molar-refractivity contribution in [1.29, 1.82) is 0 Å². The first-order valence-corrected chi connectivity index (χ1v) is 11.4. The van der Waals surface area contributed by atoms with Crippen LogP contribution in [-0.2, 0) is 27.5 Å². The van der Waals surface area contributed by atoms with Gasteiger partial charge in [0.25, 0.3) is 0 Å². The Balaban J connectivity index is 1.20. The molecular weight excluding hydrogens is 423 g/mol. The van der Waals surface area contributed by atoms with Crippen molar-refractivity contribution in [1.82, 2.24) is 20.0 Å². The molecule has 0 bridgehead atoms. The first-order chi connectivity index (χ1) is 16.0. The fourth-order valence-corrected chi connectivity index (χ4v) is 4.35. The summed E-state index contributed by atoms with van der Waals surface area (Å²) >= 11 is 0. The number of hydrogen-bond acceptors (Lipinski definition) is 4. The van der Waals surface area contributed by atoms with E-state index in [9.17, 15) is 18.8 Å². The smallest absolute Gasteiger partial charge is 0.312 e. The van der Waals surface area contributed by atoms with E-state index in [1.54, 1.807) is 12.1 Å². The second kappa shape index (κ2) is 10.6. The lowest BCUT2D eigenvalue weighted by Crippen LogP contribution is -2.56. The van der Waals surface area contributed by atoms with Crippen LogP contribution in [0.15, 0.2) is 54.6 Å². The molecule has 2 saturated heterocycles. The first-order valence-electron chi connectivity index (χ1n) is 11.4. The minimum atomic E-state index is -0.670. The summed E-state index contributed by atoms with van der Waals surface area (Å²) in [5, 5.41) is 3.02. The molecule has 0 atom stereocenters. The van der Waals surface area contributed by atoms with Gasteiger partial charge < -0.3 is 15.1 Å². The van der Waals surface area contributed by atoms with Crippen LogP contribution in [0.1, 0.15) is 24.0 Å². The fraction of sp³-hybridized carbons (Fsp3) is 0.400. The Hall–Kier alpha value is -3.26. The van der Waals surface area contributed by atoms with Crippen LogP contribution < -0.4 is 5.32 Å². The van der Waals surface area contributed by atoms with Gasteiger partial charge in [-0.3, -0.25) is 19.3 Å². The van der Waals surface area contributed by atoms with Crippen LogP contribution in [0, 0.1) is 5.82 Å². The average molecular weight is 453 g/mol. The number of nitrogens with zero attached hydrogens (tertiary/aromatic N) is 3. The Bertz CT molecular complexity index is 975. The van der Waals surface area contributed by atoms with Crippen LogP contribution in [0.2, 0.25) is 0 Å². The highest BCUT2D eigenvalue weighted by atomic mass is 19.1. The van der Waals surface area contributed by atoms with Crippen LogP contribution in [0.5, 0.6) is 0 Å². The number of hydrogen-bond donors (Lipinski definition) is 1. The van der Waals surface area contributed by atoms with Gasteiger partial charge in [-0.25, -0.2) is 4.39 Å². The zero-order valence-electron chi connectivity index (χ0n) is 18.6. The van der Waals surface area contributed by atoms with Crippen molar-refractivity contribution in [2.75, 3.05) is 32.7 Å². The number of carbonyl (C=O) groups is 3. The van der Waals surface area contributed by atoms with Crippen molar-refractivity contribution in [2.24, 2.45) is 0 Å². The molecule has 2 aliphatic heterocycles. The number of benzene rings is 2. The SMILES string of the molecule is O=C(CN1CCN(Cc2ccc(F)cc2)C(=O)C1=O)NC1CCN(Cc2ccccc2)CC1. The van der Waals surface area contributed by atoms with Gasteiger partial charge in [0.15, 0.2) is 0 Å². The van der Waals surface area contributed by atoms with Crippen LogP contribution in [0.25, 0.3) is 0 Å². The number of rotatable bonds is 7. The summed E-state index contributed by atoms with van der Waals surface area (Å²) in [6, 6.07) is 16.2. The monoisotopic (exact) mass is 452 g/mol. The molecule has 174 valence electrons. The van der Waals surface area contributed by atoms with E-state index in [-0.39, 0.29) is 30.9 Å². The molecule has 2 heterocycles. The number of likely N-dealkylation sites (tertiary alicyclic amines) is 1. The van der Waals surface area contributed by atoms with Gasteiger partial charge in [-0.2, -0.15) is 0 Å². The van der Waals surface area contributed by atoms with Crippen LogP contribution in [-0.4, -0.2) is 71.2 Å². The molecule has 2 fully saturated rings. The molecule has 0 aromatic heterocycles. The number of piperidine rings is 1. The molecule has 4 rings (SSSR count). The molecule has 7 nitrogen and oxygen atoms in total. The van der Waals surface area contributed by atoms with Crippen molar-refractivity contribution in [2.45, 2.75) is 32.0 Å². The number of halogens is 1. The second-order valence-corrected chi connectivity index (χ2v) is 8.68. The molecule has 0 spiro atoms. The lowest BCUT2D eigenvalue weighted by molar-refractivity contribution is -0.157. The minimum Gasteiger partial charge on any atom is -0.352 e. The summed E-state index contributed by atoms with van der Waals surface area (Å²) in [6.45, 7) is 3.48. The molecular formula is C25H29FN4O3. The van der Waals surface area contributed by atoms with E-state index in [2.05, 4.69) is 22.3 Å². The van der Waals surface area contributed by atoms with E-state index >= 15 is 0 Å². The fourth-order valence-electron chi connectivity index (χ4n) is 4.35. The molecule has 0 aliphatic carbocycles.